The molecule has 5 nitrogen and oxygen atoms in total. The monoisotopic (exact) mass is 366 g/mol. The lowest BCUT2D eigenvalue weighted by Gasteiger charge is -2.14. The van der Waals surface area contributed by atoms with Crippen molar-refractivity contribution >= 4 is 23.5 Å². The molecule has 0 saturated heterocycles. The van der Waals surface area contributed by atoms with Gasteiger partial charge in [-0.05, 0) is 35.7 Å². The number of fused-ring (bicyclic) bond motifs is 1. The molecule has 6 heteroatoms. The predicted molar refractivity (Wildman–Crippen MR) is 109 cm³/mol. The zero-order valence-corrected chi connectivity index (χ0v) is 15.9. The standard InChI is InChI=1S/C20H22N4OS/c1-13(2)14-8-10-15(11-9-14)21-20-22-19-12-17(23-24(19)26-20)16-6-4-5-7-18(16)25-3/h4-13,20-22H,1-3H3/t20-/m1/s1. The van der Waals surface area contributed by atoms with E-state index in [0.717, 1.165) is 28.5 Å². The van der Waals surface area contributed by atoms with E-state index in [1.807, 2.05) is 34.4 Å². The first kappa shape index (κ1) is 16.8. The van der Waals surface area contributed by atoms with Gasteiger partial charge in [-0.25, -0.2) is 0 Å². The molecule has 2 N–H and O–H groups in total. The molecule has 1 aliphatic rings. The van der Waals surface area contributed by atoms with Gasteiger partial charge in [0.1, 0.15) is 11.6 Å². The minimum absolute atomic E-state index is 0.0501. The molecule has 26 heavy (non-hydrogen) atoms. The lowest BCUT2D eigenvalue weighted by atomic mass is 10.0. The van der Waals surface area contributed by atoms with Crippen LogP contribution in [-0.4, -0.2) is 21.8 Å². The Morgan fingerprint density at radius 3 is 2.62 bits per heavy atom. The molecule has 0 saturated carbocycles. The van der Waals surface area contributed by atoms with Crippen LogP contribution >= 0.6 is 11.9 Å². The largest absolute Gasteiger partial charge is 0.496 e. The van der Waals surface area contributed by atoms with E-state index in [2.05, 4.69) is 48.7 Å². The minimum Gasteiger partial charge on any atom is -0.496 e. The second kappa shape index (κ2) is 6.96. The Hall–Kier alpha value is -2.60. The summed E-state index contributed by atoms with van der Waals surface area (Å²) in [4.78, 5) is 0. The maximum Gasteiger partial charge on any atom is 0.168 e. The fourth-order valence-corrected chi connectivity index (χ4v) is 3.88. The molecule has 0 unspecified atom stereocenters. The third kappa shape index (κ3) is 3.24. The van der Waals surface area contributed by atoms with E-state index in [1.165, 1.54) is 5.56 Å². The van der Waals surface area contributed by atoms with Crippen LogP contribution in [-0.2, 0) is 0 Å². The molecule has 0 radical (unpaired) electrons. The Morgan fingerprint density at radius 1 is 1.15 bits per heavy atom. The van der Waals surface area contributed by atoms with Gasteiger partial charge in [-0.1, -0.05) is 38.1 Å². The van der Waals surface area contributed by atoms with Crippen LogP contribution in [0.15, 0.2) is 54.6 Å². The number of hydrogen-bond donors (Lipinski definition) is 2. The number of benzene rings is 2. The number of nitrogens with zero attached hydrogens (tertiary/aromatic N) is 2. The lowest BCUT2D eigenvalue weighted by molar-refractivity contribution is 0.416. The van der Waals surface area contributed by atoms with Gasteiger partial charge in [-0.15, -0.1) is 0 Å². The maximum absolute atomic E-state index is 5.44. The highest BCUT2D eigenvalue weighted by Crippen LogP contribution is 2.36. The normalized spacial score (nSPS) is 15.6. The molecule has 0 aliphatic carbocycles. The number of para-hydroxylation sites is 1. The van der Waals surface area contributed by atoms with Crippen LogP contribution in [0.4, 0.5) is 11.5 Å². The summed E-state index contributed by atoms with van der Waals surface area (Å²) in [5.41, 5.74) is 4.38. The summed E-state index contributed by atoms with van der Waals surface area (Å²) >= 11 is 1.61. The van der Waals surface area contributed by atoms with Gasteiger partial charge in [0.15, 0.2) is 5.50 Å². The number of nitrogens with one attached hydrogen (secondary N) is 2. The molecule has 134 valence electrons. The number of hydrogen-bond acceptors (Lipinski definition) is 5. The van der Waals surface area contributed by atoms with Gasteiger partial charge in [0.25, 0.3) is 0 Å². The van der Waals surface area contributed by atoms with E-state index in [4.69, 9.17) is 9.84 Å². The van der Waals surface area contributed by atoms with Crippen molar-refractivity contribution in [2.24, 2.45) is 0 Å². The molecule has 0 amide bonds. The number of aromatic nitrogens is 2. The zero-order chi connectivity index (χ0) is 18.1. The molecule has 1 aromatic heterocycles. The Kier molecular flexibility index (Phi) is 4.51. The highest BCUT2D eigenvalue weighted by molar-refractivity contribution is 7.98. The van der Waals surface area contributed by atoms with E-state index in [1.54, 1.807) is 19.1 Å². The smallest absolute Gasteiger partial charge is 0.168 e. The highest BCUT2D eigenvalue weighted by atomic mass is 32.2. The van der Waals surface area contributed by atoms with Crippen molar-refractivity contribution < 1.29 is 4.74 Å². The van der Waals surface area contributed by atoms with Crippen molar-refractivity contribution in [3.05, 3.63) is 60.2 Å². The third-order valence-electron chi connectivity index (χ3n) is 4.42. The molecule has 0 bridgehead atoms. The SMILES string of the molecule is COc1ccccc1-c1cc2n(n1)S[C@H](Nc1ccc(C(C)C)cc1)N2. The fourth-order valence-electron chi connectivity index (χ4n) is 2.97. The Bertz CT molecular complexity index is 881. The van der Waals surface area contributed by atoms with Crippen LogP contribution in [0.3, 0.4) is 0 Å². The molecule has 3 aromatic rings. The van der Waals surface area contributed by atoms with Crippen LogP contribution in [0.5, 0.6) is 5.75 Å². The summed E-state index contributed by atoms with van der Waals surface area (Å²) in [5.74, 6) is 2.35. The summed E-state index contributed by atoms with van der Waals surface area (Å²) in [7, 11) is 1.68. The highest BCUT2D eigenvalue weighted by Gasteiger charge is 2.24. The Morgan fingerprint density at radius 2 is 1.92 bits per heavy atom. The van der Waals surface area contributed by atoms with Crippen LogP contribution in [0, 0.1) is 0 Å². The van der Waals surface area contributed by atoms with Crippen molar-refractivity contribution in [3.63, 3.8) is 0 Å². The Balaban J connectivity index is 1.46. The van der Waals surface area contributed by atoms with Gasteiger partial charge in [-0.2, -0.15) is 9.19 Å². The van der Waals surface area contributed by atoms with Crippen LogP contribution < -0.4 is 15.4 Å². The summed E-state index contributed by atoms with van der Waals surface area (Å²) in [6.45, 7) is 4.41. The molecular weight excluding hydrogens is 344 g/mol. The van der Waals surface area contributed by atoms with Gasteiger partial charge >= 0.3 is 0 Å². The molecule has 1 aliphatic heterocycles. The van der Waals surface area contributed by atoms with Crippen molar-refractivity contribution in [2.75, 3.05) is 17.7 Å². The quantitative estimate of drug-likeness (QED) is 0.665. The topological polar surface area (TPSA) is 51.1 Å². The van der Waals surface area contributed by atoms with Crippen LogP contribution in [0.25, 0.3) is 11.3 Å². The summed E-state index contributed by atoms with van der Waals surface area (Å²) in [6.07, 6.45) is 0. The minimum atomic E-state index is 0.0501. The molecule has 0 fully saturated rings. The van der Waals surface area contributed by atoms with Crippen molar-refractivity contribution in [1.82, 2.24) is 9.19 Å². The third-order valence-corrected chi connectivity index (χ3v) is 5.34. The van der Waals surface area contributed by atoms with Gasteiger partial charge in [-0.3, -0.25) is 0 Å². The molecule has 2 heterocycles. The average Bonchev–Trinajstić information content (AvgIpc) is 3.20. The molecule has 1 atom stereocenters. The second-order valence-corrected chi connectivity index (χ2v) is 7.57. The first-order valence-corrected chi connectivity index (χ1v) is 9.51. The molecular formula is C20H22N4OS. The molecule has 2 aromatic carbocycles. The number of anilines is 2. The van der Waals surface area contributed by atoms with Crippen LogP contribution in [0.1, 0.15) is 25.3 Å². The zero-order valence-electron chi connectivity index (χ0n) is 15.1. The van der Waals surface area contributed by atoms with Crippen LogP contribution in [0.2, 0.25) is 0 Å². The summed E-state index contributed by atoms with van der Waals surface area (Å²) < 4.78 is 7.36. The van der Waals surface area contributed by atoms with Crippen molar-refractivity contribution in [3.8, 4) is 17.0 Å². The number of ether oxygens (including phenoxy) is 1. The van der Waals surface area contributed by atoms with E-state index < -0.39 is 0 Å². The van der Waals surface area contributed by atoms with Crippen molar-refractivity contribution in [2.45, 2.75) is 25.3 Å². The molecule has 4 rings (SSSR count). The van der Waals surface area contributed by atoms with Gasteiger partial charge < -0.3 is 15.4 Å². The van der Waals surface area contributed by atoms with E-state index in [0.29, 0.717) is 5.92 Å². The molecule has 0 spiro atoms. The predicted octanol–water partition coefficient (Wildman–Crippen LogP) is 5.00. The van der Waals surface area contributed by atoms with E-state index in [9.17, 15) is 0 Å². The Labute approximate surface area is 157 Å². The lowest BCUT2D eigenvalue weighted by Crippen LogP contribution is -2.21. The number of rotatable bonds is 5. The second-order valence-electron chi connectivity index (χ2n) is 6.54. The summed E-state index contributed by atoms with van der Waals surface area (Å²) in [6, 6.07) is 18.6. The van der Waals surface area contributed by atoms with E-state index in [-0.39, 0.29) is 5.50 Å². The first-order chi connectivity index (χ1) is 12.6. The van der Waals surface area contributed by atoms with Gasteiger partial charge in [0.05, 0.1) is 12.8 Å². The first-order valence-electron chi connectivity index (χ1n) is 8.67. The van der Waals surface area contributed by atoms with E-state index >= 15 is 0 Å². The number of methoxy groups -OCH3 is 1. The van der Waals surface area contributed by atoms with Crippen molar-refractivity contribution in [1.29, 1.82) is 0 Å². The average molecular weight is 366 g/mol. The summed E-state index contributed by atoms with van der Waals surface area (Å²) in [5, 5.41) is 11.6. The maximum atomic E-state index is 5.44. The fraction of sp³-hybridized carbons (Fsp3) is 0.250. The van der Waals surface area contributed by atoms with Gasteiger partial charge in [0.2, 0.25) is 0 Å². The van der Waals surface area contributed by atoms with Gasteiger partial charge in [0, 0.05) is 29.3 Å².